The molecule has 1 aliphatic rings. The summed E-state index contributed by atoms with van der Waals surface area (Å²) in [7, 11) is 0. The van der Waals surface area contributed by atoms with E-state index < -0.39 is 11.8 Å². The molecule has 0 radical (unpaired) electrons. The third-order valence-corrected chi connectivity index (χ3v) is 6.70. The molecule has 1 aliphatic heterocycles. The summed E-state index contributed by atoms with van der Waals surface area (Å²) in [5.74, 6) is 5.15. The van der Waals surface area contributed by atoms with Gasteiger partial charge in [-0.2, -0.15) is 0 Å². The molecule has 0 aromatic heterocycles. The number of anilines is 1. The number of carbonyl (C=O) groups is 2. The molecule has 1 heterocycles. The number of esters is 1. The third kappa shape index (κ3) is 6.72. The highest BCUT2D eigenvalue weighted by Gasteiger charge is 2.34. The van der Waals surface area contributed by atoms with Gasteiger partial charge in [0.1, 0.15) is 11.3 Å². The van der Waals surface area contributed by atoms with Crippen LogP contribution in [0.1, 0.15) is 52.9 Å². The Labute approximate surface area is 239 Å². The fraction of sp³-hybridized carbons (Fsp3) is 0.176. The van der Waals surface area contributed by atoms with Crippen LogP contribution in [-0.4, -0.2) is 17.7 Å². The second kappa shape index (κ2) is 11.7. The van der Waals surface area contributed by atoms with Crippen molar-refractivity contribution < 1.29 is 19.1 Å². The van der Waals surface area contributed by atoms with E-state index in [-0.39, 0.29) is 5.91 Å². The van der Waals surface area contributed by atoms with Gasteiger partial charge in [-0.15, -0.1) is 0 Å². The van der Waals surface area contributed by atoms with Crippen molar-refractivity contribution in [2.75, 3.05) is 4.90 Å². The number of amides is 1. The molecule has 6 heteroatoms. The predicted molar refractivity (Wildman–Crippen MR) is 156 cm³/mol. The minimum Gasteiger partial charge on any atom is -0.452 e. The van der Waals surface area contributed by atoms with Crippen molar-refractivity contribution in [3.8, 4) is 17.6 Å². The van der Waals surface area contributed by atoms with Crippen LogP contribution in [-0.2, 0) is 22.5 Å². The first-order valence-electron chi connectivity index (χ1n) is 13.0. The lowest BCUT2D eigenvalue weighted by atomic mass is 10.1. The first-order valence-corrected chi connectivity index (χ1v) is 13.4. The van der Waals surface area contributed by atoms with Crippen LogP contribution in [0.4, 0.5) is 5.69 Å². The largest absolute Gasteiger partial charge is 0.452 e. The van der Waals surface area contributed by atoms with E-state index >= 15 is 0 Å². The molecular weight excluding hydrogens is 522 g/mol. The topological polar surface area (TPSA) is 55.8 Å². The Bertz CT molecular complexity index is 1580. The number of rotatable bonds is 6. The van der Waals surface area contributed by atoms with Crippen LogP contribution in [0.2, 0.25) is 5.02 Å². The maximum absolute atomic E-state index is 13.6. The standard InChI is InChI=1S/C34H28ClNO4/c1-34(2)39-31-20-19-29(22-30(31)33(38)40-34)36(32(37)21-16-24-6-4-3-5-7-24)23-27-12-10-25(11-13-27)8-9-26-14-17-28(35)18-15-26/h3-7,10-15,17-20,22H,16,21,23H2,1-2H3. The average molecular weight is 550 g/mol. The van der Waals surface area contributed by atoms with Gasteiger partial charge in [-0.25, -0.2) is 4.79 Å². The molecule has 0 spiro atoms. The lowest BCUT2D eigenvalue weighted by Crippen LogP contribution is -2.39. The van der Waals surface area contributed by atoms with Gasteiger partial charge >= 0.3 is 5.97 Å². The first-order chi connectivity index (χ1) is 19.3. The quantitative estimate of drug-likeness (QED) is 0.189. The third-order valence-electron chi connectivity index (χ3n) is 6.45. The van der Waals surface area contributed by atoms with Gasteiger partial charge in [0.2, 0.25) is 11.7 Å². The van der Waals surface area contributed by atoms with Gasteiger partial charge in [0, 0.05) is 42.1 Å². The van der Waals surface area contributed by atoms with E-state index in [2.05, 4.69) is 11.8 Å². The number of nitrogens with zero attached hydrogens (tertiary/aromatic N) is 1. The van der Waals surface area contributed by atoms with Gasteiger partial charge in [-0.3, -0.25) is 4.79 Å². The summed E-state index contributed by atoms with van der Waals surface area (Å²) in [6.45, 7) is 3.70. The number of aryl methyl sites for hydroxylation is 1. The van der Waals surface area contributed by atoms with Crippen LogP contribution < -0.4 is 9.64 Å². The van der Waals surface area contributed by atoms with Crippen molar-refractivity contribution in [2.45, 2.75) is 39.0 Å². The number of hydrogen-bond donors (Lipinski definition) is 0. The summed E-state index contributed by atoms with van der Waals surface area (Å²) in [6.07, 6.45) is 0.930. The fourth-order valence-electron chi connectivity index (χ4n) is 4.41. The van der Waals surface area contributed by atoms with Crippen LogP contribution >= 0.6 is 11.6 Å². The number of fused-ring (bicyclic) bond motifs is 1. The molecule has 0 N–H and O–H groups in total. The van der Waals surface area contributed by atoms with E-state index in [1.54, 1.807) is 36.9 Å². The molecule has 0 unspecified atom stereocenters. The Morgan fingerprint density at radius 2 is 1.48 bits per heavy atom. The molecule has 0 bridgehead atoms. The van der Waals surface area contributed by atoms with Gasteiger partial charge in [0.15, 0.2) is 0 Å². The molecule has 5 nitrogen and oxygen atoms in total. The minimum atomic E-state index is -1.05. The Hall–Kier alpha value is -4.53. The highest BCUT2D eigenvalue weighted by atomic mass is 35.5. The number of halogens is 1. The van der Waals surface area contributed by atoms with Gasteiger partial charge in [0.25, 0.3) is 0 Å². The van der Waals surface area contributed by atoms with Crippen molar-refractivity contribution in [3.05, 3.63) is 130 Å². The highest BCUT2D eigenvalue weighted by Crippen LogP contribution is 2.34. The zero-order valence-electron chi connectivity index (χ0n) is 22.3. The van der Waals surface area contributed by atoms with Crippen LogP contribution in [0.5, 0.6) is 5.75 Å². The van der Waals surface area contributed by atoms with Gasteiger partial charge in [-0.1, -0.05) is 65.9 Å². The average Bonchev–Trinajstić information content (AvgIpc) is 2.95. The van der Waals surface area contributed by atoms with Crippen LogP contribution in [0.3, 0.4) is 0 Å². The van der Waals surface area contributed by atoms with Crippen molar-refractivity contribution in [2.24, 2.45) is 0 Å². The molecule has 4 aromatic carbocycles. The van der Waals surface area contributed by atoms with Gasteiger partial charge in [-0.05, 0) is 72.1 Å². The van der Waals surface area contributed by atoms with Crippen LogP contribution in [0.15, 0.2) is 97.1 Å². The zero-order chi connectivity index (χ0) is 28.1. The molecule has 40 heavy (non-hydrogen) atoms. The predicted octanol–water partition coefficient (Wildman–Crippen LogP) is 7.19. The molecular formula is C34H28ClNO4. The van der Waals surface area contributed by atoms with Crippen LogP contribution in [0.25, 0.3) is 0 Å². The van der Waals surface area contributed by atoms with Crippen molar-refractivity contribution in [1.29, 1.82) is 0 Å². The number of hydrogen-bond acceptors (Lipinski definition) is 4. The van der Waals surface area contributed by atoms with E-state index in [0.717, 1.165) is 22.3 Å². The van der Waals surface area contributed by atoms with E-state index in [1.165, 1.54) is 0 Å². The smallest absolute Gasteiger partial charge is 0.345 e. The second-order valence-corrected chi connectivity index (χ2v) is 10.4. The van der Waals surface area contributed by atoms with E-state index in [0.29, 0.717) is 41.4 Å². The summed E-state index contributed by atoms with van der Waals surface area (Å²) in [5, 5.41) is 0.671. The van der Waals surface area contributed by atoms with E-state index in [4.69, 9.17) is 21.1 Å². The fourth-order valence-corrected chi connectivity index (χ4v) is 4.53. The first kappa shape index (κ1) is 27.1. The zero-order valence-corrected chi connectivity index (χ0v) is 23.1. The monoisotopic (exact) mass is 549 g/mol. The summed E-state index contributed by atoms with van der Waals surface area (Å²) in [4.78, 5) is 28.0. The number of benzene rings is 4. The lowest BCUT2D eigenvalue weighted by molar-refractivity contribution is -0.127. The normalized spacial score (nSPS) is 13.2. The maximum Gasteiger partial charge on any atom is 0.345 e. The molecule has 5 rings (SSSR count). The Morgan fingerprint density at radius 3 is 2.15 bits per heavy atom. The number of cyclic esters (lactones) is 1. The maximum atomic E-state index is 13.6. The molecule has 0 saturated heterocycles. The summed E-state index contributed by atoms with van der Waals surface area (Å²) in [6, 6.07) is 30.3. The minimum absolute atomic E-state index is 0.0548. The summed E-state index contributed by atoms with van der Waals surface area (Å²) >= 11 is 5.95. The Morgan fingerprint density at radius 1 is 0.825 bits per heavy atom. The SMILES string of the molecule is CC1(C)OC(=O)c2cc(N(Cc3ccc(C#Cc4ccc(Cl)cc4)cc3)C(=O)CCc3ccccc3)ccc2O1. The van der Waals surface area contributed by atoms with Gasteiger partial charge in [0.05, 0.1) is 6.54 Å². The number of ether oxygens (including phenoxy) is 2. The second-order valence-electron chi connectivity index (χ2n) is 9.99. The van der Waals surface area contributed by atoms with E-state index in [9.17, 15) is 9.59 Å². The van der Waals surface area contributed by atoms with Crippen molar-refractivity contribution in [3.63, 3.8) is 0 Å². The Balaban J connectivity index is 1.38. The highest BCUT2D eigenvalue weighted by molar-refractivity contribution is 6.30. The summed E-state index contributed by atoms with van der Waals surface area (Å²) < 4.78 is 11.2. The molecule has 0 fully saturated rings. The molecule has 4 aromatic rings. The van der Waals surface area contributed by atoms with Crippen molar-refractivity contribution in [1.82, 2.24) is 0 Å². The molecule has 0 aliphatic carbocycles. The van der Waals surface area contributed by atoms with Gasteiger partial charge < -0.3 is 14.4 Å². The molecule has 200 valence electrons. The summed E-state index contributed by atoms with van der Waals surface area (Å²) in [5.41, 5.74) is 4.65. The van der Waals surface area contributed by atoms with Crippen molar-refractivity contribution >= 4 is 29.2 Å². The van der Waals surface area contributed by atoms with Crippen LogP contribution in [0, 0.1) is 11.8 Å². The number of carbonyl (C=O) groups excluding carboxylic acids is 2. The molecule has 0 saturated carbocycles. The Kier molecular flexibility index (Phi) is 7.91. The van der Waals surface area contributed by atoms with E-state index in [1.807, 2.05) is 78.9 Å². The molecule has 1 amide bonds. The molecule has 0 atom stereocenters. The lowest BCUT2D eigenvalue weighted by Gasteiger charge is -2.32.